The Bertz CT molecular complexity index is 1260. The van der Waals surface area contributed by atoms with E-state index in [-0.39, 0.29) is 17.0 Å². The number of aromatic nitrogens is 4. The number of halogens is 6. The Morgan fingerprint density at radius 2 is 1.53 bits per heavy atom. The fraction of sp³-hybridized carbons (Fsp3) is 0.222. The summed E-state index contributed by atoms with van der Waals surface area (Å²) in [7, 11) is 0. The smallest absolute Gasteiger partial charge is 0.434 e. The van der Waals surface area contributed by atoms with Gasteiger partial charge in [-0.25, -0.2) is 9.48 Å². The molecule has 34 heavy (non-hydrogen) atoms. The van der Waals surface area contributed by atoms with Crippen LogP contribution >= 0.6 is 0 Å². The summed E-state index contributed by atoms with van der Waals surface area (Å²) >= 11 is 0. The molecular weight excluding hydrogens is 480 g/mol. The van der Waals surface area contributed by atoms with Gasteiger partial charge in [0.05, 0.1) is 35.2 Å². The molecule has 0 N–H and O–H groups in total. The lowest BCUT2D eigenvalue weighted by atomic mass is 10.2. The number of hydrogen-bond acceptors (Lipinski definition) is 7. The van der Waals surface area contributed by atoms with Gasteiger partial charge in [0.25, 0.3) is 11.6 Å². The van der Waals surface area contributed by atoms with Crippen LogP contribution in [-0.2, 0) is 17.1 Å². The number of ether oxygens (including phenoxy) is 1. The van der Waals surface area contributed by atoms with Crippen LogP contribution in [0.15, 0.2) is 36.7 Å². The molecular formula is C18H11F6N5O5. The number of nitro benzene ring substituents is 1. The summed E-state index contributed by atoms with van der Waals surface area (Å²) in [6.45, 7) is 0.998. The molecule has 0 aliphatic carbocycles. The van der Waals surface area contributed by atoms with Crippen molar-refractivity contribution < 1.29 is 45.6 Å². The van der Waals surface area contributed by atoms with E-state index in [1.807, 2.05) is 0 Å². The van der Waals surface area contributed by atoms with E-state index < -0.39 is 62.0 Å². The van der Waals surface area contributed by atoms with Gasteiger partial charge in [-0.3, -0.25) is 14.9 Å². The fourth-order valence-electron chi connectivity index (χ4n) is 2.94. The number of alkyl halides is 6. The van der Waals surface area contributed by atoms with Crippen molar-refractivity contribution in [3.8, 4) is 5.69 Å². The van der Waals surface area contributed by atoms with Crippen LogP contribution in [-0.4, -0.2) is 43.0 Å². The Kier molecular flexibility index (Phi) is 6.17. The van der Waals surface area contributed by atoms with E-state index in [4.69, 9.17) is 0 Å². The van der Waals surface area contributed by atoms with Crippen molar-refractivity contribution in [2.75, 3.05) is 6.61 Å². The van der Waals surface area contributed by atoms with Crippen LogP contribution in [0.5, 0.6) is 0 Å². The number of carbonyl (C=O) groups excluding carboxylic acids is 2. The molecule has 180 valence electrons. The lowest BCUT2D eigenvalue weighted by Crippen LogP contribution is -2.26. The summed E-state index contributed by atoms with van der Waals surface area (Å²) in [6, 6.07) is 3.56. The van der Waals surface area contributed by atoms with Crippen molar-refractivity contribution in [3.63, 3.8) is 0 Å². The predicted octanol–water partition coefficient (Wildman–Crippen LogP) is 3.88. The molecule has 0 saturated heterocycles. The summed E-state index contributed by atoms with van der Waals surface area (Å²) in [5.41, 5.74) is -6.96. The molecule has 0 fully saturated rings. The Morgan fingerprint density at radius 3 is 2.03 bits per heavy atom. The molecule has 0 aliphatic heterocycles. The number of nitro groups is 1. The maximum Gasteiger partial charge on any atom is 0.434 e. The zero-order valence-electron chi connectivity index (χ0n) is 16.7. The third-order valence-electron chi connectivity index (χ3n) is 4.30. The Morgan fingerprint density at radius 1 is 0.971 bits per heavy atom. The molecule has 2 heterocycles. The molecule has 0 spiro atoms. The number of hydrogen-bond donors (Lipinski definition) is 0. The molecule has 0 unspecified atom stereocenters. The van der Waals surface area contributed by atoms with Crippen LogP contribution in [0.2, 0.25) is 0 Å². The third-order valence-corrected chi connectivity index (χ3v) is 4.30. The van der Waals surface area contributed by atoms with Crippen molar-refractivity contribution in [2.24, 2.45) is 0 Å². The highest BCUT2D eigenvalue weighted by molar-refractivity contribution is 5.99. The summed E-state index contributed by atoms with van der Waals surface area (Å²) in [6.07, 6.45) is -9.93. The van der Waals surface area contributed by atoms with E-state index in [1.54, 1.807) is 0 Å². The minimum atomic E-state index is -5.36. The first-order valence-electron chi connectivity index (χ1n) is 9.04. The van der Waals surface area contributed by atoms with E-state index in [9.17, 15) is 46.0 Å². The summed E-state index contributed by atoms with van der Waals surface area (Å²) in [5, 5.41) is 17.3. The predicted molar refractivity (Wildman–Crippen MR) is 98.1 cm³/mol. The van der Waals surface area contributed by atoms with Crippen molar-refractivity contribution in [3.05, 3.63) is 69.3 Å². The first kappa shape index (κ1) is 24.4. The topological polar surface area (TPSA) is 122 Å². The second-order valence-corrected chi connectivity index (χ2v) is 6.43. The number of non-ortho nitro benzene ring substituents is 1. The number of esters is 1. The minimum absolute atomic E-state index is 0.194. The van der Waals surface area contributed by atoms with Crippen LogP contribution in [0.25, 0.3) is 5.69 Å². The van der Waals surface area contributed by atoms with Gasteiger partial charge in [-0.05, 0) is 19.1 Å². The standard InChI is InChI=1S/C18H11F6N5O5/c1-2-34-16(31)12-8-26-28(14(12)18(22,23)24)15(30)11-7-25-27(13(11)17(19,20)21)9-3-5-10(6-4-9)29(32)33/h3-8H,2H2,1H3. The van der Waals surface area contributed by atoms with Crippen molar-refractivity contribution >= 4 is 17.6 Å². The summed E-state index contributed by atoms with van der Waals surface area (Å²) in [5.74, 6) is -3.35. The van der Waals surface area contributed by atoms with Gasteiger partial charge >= 0.3 is 18.3 Å². The number of rotatable bonds is 5. The lowest BCUT2D eigenvalue weighted by molar-refractivity contribution is -0.384. The number of benzene rings is 1. The molecule has 1 aromatic carbocycles. The highest BCUT2D eigenvalue weighted by atomic mass is 19.4. The molecule has 16 heteroatoms. The maximum absolute atomic E-state index is 13.8. The van der Waals surface area contributed by atoms with Gasteiger partial charge in [0.15, 0.2) is 11.4 Å². The molecule has 10 nitrogen and oxygen atoms in total. The quantitative estimate of drug-likeness (QED) is 0.230. The third kappa shape index (κ3) is 4.46. The molecule has 0 atom stereocenters. The monoisotopic (exact) mass is 491 g/mol. The van der Waals surface area contributed by atoms with Gasteiger partial charge in [-0.2, -0.15) is 41.2 Å². The first-order valence-corrected chi connectivity index (χ1v) is 9.04. The van der Waals surface area contributed by atoms with E-state index >= 15 is 0 Å². The minimum Gasteiger partial charge on any atom is -0.462 e. The summed E-state index contributed by atoms with van der Waals surface area (Å²) in [4.78, 5) is 34.6. The first-order chi connectivity index (χ1) is 15.8. The van der Waals surface area contributed by atoms with Crippen molar-refractivity contribution in [1.29, 1.82) is 0 Å². The average Bonchev–Trinajstić information content (AvgIpc) is 3.38. The lowest BCUT2D eigenvalue weighted by Gasteiger charge is -2.14. The molecule has 2 aromatic heterocycles. The largest absolute Gasteiger partial charge is 0.462 e. The van der Waals surface area contributed by atoms with Crippen LogP contribution in [0.4, 0.5) is 32.0 Å². The van der Waals surface area contributed by atoms with Gasteiger partial charge in [0, 0.05) is 12.1 Å². The molecule has 0 saturated carbocycles. The SMILES string of the molecule is CCOC(=O)c1cnn(C(=O)c2cnn(-c3ccc([N+](=O)[O-])cc3)c2C(F)(F)F)c1C(F)(F)F. The molecule has 0 amide bonds. The highest BCUT2D eigenvalue weighted by Gasteiger charge is 2.45. The van der Waals surface area contributed by atoms with Crippen LogP contribution in [0.1, 0.15) is 39.0 Å². The molecule has 0 radical (unpaired) electrons. The molecule has 0 aliphatic rings. The second-order valence-electron chi connectivity index (χ2n) is 6.43. The van der Waals surface area contributed by atoms with E-state index in [0.717, 1.165) is 24.3 Å². The van der Waals surface area contributed by atoms with Crippen LogP contribution < -0.4 is 0 Å². The fourth-order valence-corrected chi connectivity index (χ4v) is 2.94. The average molecular weight is 491 g/mol. The number of nitrogens with zero attached hydrogens (tertiary/aromatic N) is 5. The molecule has 0 bridgehead atoms. The normalized spacial score (nSPS) is 12.0. The Hall–Kier alpha value is -4.24. The highest BCUT2D eigenvalue weighted by Crippen LogP contribution is 2.36. The van der Waals surface area contributed by atoms with E-state index in [2.05, 4.69) is 14.9 Å². The van der Waals surface area contributed by atoms with Gasteiger partial charge in [-0.15, -0.1) is 0 Å². The van der Waals surface area contributed by atoms with Gasteiger partial charge in [-0.1, -0.05) is 0 Å². The van der Waals surface area contributed by atoms with Crippen molar-refractivity contribution in [2.45, 2.75) is 19.3 Å². The zero-order chi connectivity index (χ0) is 25.4. The molecule has 3 aromatic rings. The van der Waals surface area contributed by atoms with Crippen LogP contribution in [0, 0.1) is 10.1 Å². The molecule has 3 rings (SSSR count). The number of carbonyl (C=O) groups is 2. The summed E-state index contributed by atoms with van der Waals surface area (Å²) < 4.78 is 86.6. The van der Waals surface area contributed by atoms with Crippen molar-refractivity contribution in [1.82, 2.24) is 19.6 Å². The Balaban J connectivity index is 2.17. The second kappa shape index (κ2) is 8.60. The van der Waals surface area contributed by atoms with Gasteiger partial charge < -0.3 is 4.74 Å². The van der Waals surface area contributed by atoms with Crippen LogP contribution in [0.3, 0.4) is 0 Å². The van der Waals surface area contributed by atoms with E-state index in [1.165, 1.54) is 6.92 Å². The van der Waals surface area contributed by atoms with Gasteiger partial charge in [0.2, 0.25) is 0 Å². The van der Waals surface area contributed by atoms with E-state index in [0.29, 0.717) is 12.4 Å². The zero-order valence-corrected chi connectivity index (χ0v) is 16.7. The Labute approximate surface area is 184 Å². The van der Waals surface area contributed by atoms with Gasteiger partial charge in [0.1, 0.15) is 5.56 Å². The maximum atomic E-state index is 13.8.